The lowest BCUT2D eigenvalue weighted by Crippen LogP contribution is -2.05. The smallest absolute Gasteiger partial charge is 0.0370 e. The number of halogens is 1. The van der Waals surface area contributed by atoms with Crippen LogP contribution in [0.15, 0.2) is 53.0 Å². The second-order valence-corrected chi connectivity index (χ2v) is 5.04. The lowest BCUT2D eigenvalue weighted by atomic mass is 10.1. The van der Waals surface area contributed by atoms with Crippen molar-refractivity contribution in [3.63, 3.8) is 0 Å². The second-order valence-electron chi connectivity index (χ2n) is 4.12. The van der Waals surface area contributed by atoms with E-state index >= 15 is 0 Å². The summed E-state index contributed by atoms with van der Waals surface area (Å²) < 4.78 is 1.13. The zero-order valence-electron chi connectivity index (χ0n) is 9.91. The summed E-state index contributed by atoms with van der Waals surface area (Å²) in [5.41, 5.74) is 3.85. The van der Waals surface area contributed by atoms with Crippen LogP contribution in [0.4, 0.5) is 5.69 Å². The molecule has 0 amide bonds. The Labute approximate surface area is 111 Å². The zero-order valence-corrected chi connectivity index (χ0v) is 11.5. The largest absolute Gasteiger partial charge is 0.384 e. The lowest BCUT2D eigenvalue weighted by Gasteiger charge is -2.09. The van der Waals surface area contributed by atoms with Gasteiger partial charge >= 0.3 is 0 Å². The van der Waals surface area contributed by atoms with Crippen LogP contribution in [0.3, 0.4) is 0 Å². The first-order chi connectivity index (χ1) is 8.25. The summed E-state index contributed by atoms with van der Waals surface area (Å²) in [5.74, 6) is 0. The molecule has 2 heteroatoms. The van der Waals surface area contributed by atoms with E-state index in [9.17, 15) is 0 Å². The Kier molecular flexibility index (Phi) is 4.21. The number of benzene rings is 2. The Bertz CT molecular complexity index is 480. The Morgan fingerprint density at radius 1 is 1.06 bits per heavy atom. The maximum Gasteiger partial charge on any atom is 0.0370 e. The monoisotopic (exact) mass is 289 g/mol. The third-order valence-corrected chi connectivity index (χ3v) is 3.25. The van der Waals surface area contributed by atoms with Crippen LogP contribution in [0.1, 0.15) is 11.1 Å². The van der Waals surface area contributed by atoms with Crippen LogP contribution in [0.2, 0.25) is 0 Å². The van der Waals surface area contributed by atoms with Gasteiger partial charge in [0, 0.05) is 16.7 Å². The molecule has 0 radical (unpaired) electrons. The van der Waals surface area contributed by atoms with Gasteiger partial charge in [0.05, 0.1) is 0 Å². The minimum Gasteiger partial charge on any atom is -0.384 e. The molecule has 0 aliphatic carbocycles. The average molecular weight is 290 g/mol. The molecule has 0 fully saturated rings. The summed E-state index contributed by atoms with van der Waals surface area (Å²) in [5, 5.41) is 3.47. The van der Waals surface area contributed by atoms with Gasteiger partial charge in [-0.25, -0.2) is 0 Å². The van der Waals surface area contributed by atoms with Crippen LogP contribution in [-0.2, 0) is 6.42 Å². The molecule has 0 bridgehead atoms. The topological polar surface area (TPSA) is 12.0 Å². The van der Waals surface area contributed by atoms with Gasteiger partial charge in [-0.3, -0.25) is 0 Å². The maximum atomic E-state index is 3.47. The van der Waals surface area contributed by atoms with Crippen molar-refractivity contribution in [3.8, 4) is 0 Å². The Morgan fingerprint density at radius 2 is 1.82 bits per heavy atom. The van der Waals surface area contributed by atoms with E-state index in [4.69, 9.17) is 0 Å². The van der Waals surface area contributed by atoms with Crippen molar-refractivity contribution in [2.75, 3.05) is 11.9 Å². The summed E-state index contributed by atoms with van der Waals surface area (Å²) in [7, 11) is 0. The maximum absolute atomic E-state index is 3.47. The Balaban J connectivity index is 1.90. The summed E-state index contributed by atoms with van der Waals surface area (Å²) in [6.45, 7) is 3.09. The van der Waals surface area contributed by atoms with Gasteiger partial charge in [0.25, 0.3) is 0 Å². The minimum atomic E-state index is 0.965. The molecule has 0 aliphatic rings. The second kappa shape index (κ2) is 5.87. The van der Waals surface area contributed by atoms with E-state index < -0.39 is 0 Å². The van der Waals surface area contributed by atoms with Crippen molar-refractivity contribution < 1.29 is 0 Å². The Morgan fingerprint density at radius 3 is 2.53 bits per heavy atom. The Hall–Kier alpha value is -1.28. The molecular weight excluding hydrogens is 274 g/mol. The van der Waals surface area contributed by atoms with Crippen LogP contribution in [0, 0.1) is 6.92 Å². The van der Waals surface area contributed by atoms with Crippen LogP contribution >= 0.6 is 15.9 Å². The van der Waals surface area contributed by atoms with E-state index in [0.717, 1.165) is 17.4 Å². The SMILES string of the molecule is Cc1cc(Br)ccc1NCCc1ccccc1. The van der Waals surface area contributed by atoms with Gasteiger partial charge < -0.3 is 5.32 Å². The zero-order chi connectivity index (χ0) is 12.1. The molecule has 2 aromatic rings. The van der Waals surface area contributed by atoms with Crippen LogP contribution in [0.25, 0.3) is 0 Å². The van der Waals surface area contributed by atoms with Gasteiger partial charge in [-0.05, 0) is 42.7 Å². The summed E-state index contributed by atoms with van der Waals surface area (Å²) in [6.07, 6.45) is 1.05. The molecule has 88 valence electrons. The molecule has 0 saturated heterocycles. The fourth-order valence-corrected chi connectivity index (χ4v) is 2.29. The standard InChI is InChI=1S/C15H16BrN/c1-12-11-14(16)7-8-15(12)17-10-9-13-5-3-2-4-6-13/h2-8,11,17H,9-10H2,1H3. The molecule has 0 heterocycles. The van der Waals surface area contributed by atoms with Gasteiger partial charge in [-0.1, -0.05) is 46.3 Å². The summed E-state index contributed by atoms with van der Waals surface area (Å²) >= 11 is 3.47. The number of hydrogen-bond acceptors (Lipinski definition) is 1. The highest BCUT2D eigenvalue weighted by molar-refractivity contribution is 9.10. The van der Waals surface area contributed by atoms with E-state index in [0.29, 0.717) is 0 Å². The van der Waals surface area contributed by atoms with E-state index in [1.807, 2.05) is 0 Å². The molecular formula is C15H16BrN. The molecule has 17 heavy (non-hydrogen) atoms. The molecule has 0 saturated carbocycles. The molecule has 0 aliphatic heterocycles. The quantitative estimate of drug-likeness (QED) is 0.879. The van der Waals surface area contributed by atoms with Crippen molar-refractivity contribution in [2.45, 2.75) is 13.3 Å². The predicted molar refractivity (Wildman–Crippen MR) is 77.5 cm³/mol. The van der Waals surface area contributed by atoms with E-state index in [2.05, 4.69) is 76.7 Å². The number of anilines is 1. The average Bonchev–Trinajstić information content (AvgIpc) is 2.33. The third-order valence-electron chi connectivity index (χ3n) is 2.76. The van der Waals surface area contributed by atoms with Crippen LogP contribution < -0.4 is 5.32 Å². The molecule has 1 N–H and O–H groups in total. The molecule has 2 rings (SSSR count). The van der Waals surface area contributed by atoms with Crippen molar-refractivity contribution in [1.29, 1.82) is 0 Å². The highest BCUT2D eigenvalue weighted by atomic mass is 79.9. The molecule has 0 aromatic heterocycles. The first-order valence-electron chi connectivity index (χ1n) is 5.79. The van der Waals surface area contributed by atoms with E-state index in [-0.39, 0.29) is 0 Å². The fourth-order valence-electron chi connectivity index (χ4n) is 1.81. The van der Waals surface area contributed by atoms with Gasteiger partial charge in [-0.2, -0.15) is 0 Å². The predicted octanol–water partition coefficient (Wildman–Crippen LogP) is 4.41. The molecule has 0 unspecified atom stereocenters. The van der Waals surface area contributed by atoms with Crippen molar-refractivity contribution in [3.05, 3.63) is 64.1 Å². The van der Waals surface area contributed by atoms with Crippen LogP contribution in [0.5, 0.6) is 0 Å². The number of nitrogens with one attached hydrogen (secondary N) is 1. The first-order valence-corrected chi connectivity index (χ1v) is 6.59. The number of hydrogen-bond donors (Lipinski definition) is 1. The van der Waals surface area contributed by atoms with E-state index in [1.54, 1.807) is 0 Å². The highest BCUT2D eigenvalue weighted by Gasteiger charge is 1.98. The first kappa shape index (κ1) is 12.2. The van der Waals surface area contributed by atoms with Gasteiger partial charge in [0.1, 0.15) is 0 Å². The molecule has 1 nitrogen and oxygen atoms in total. The van der Waals surface area contributed by atoms with E-state index in [1.165, 1.54) is 16.8 Å². The van der Waals surface area contributed by atoms with Crippen molar-refractivity contribution in [1.82, 2.24) is 0 Å². The van der Waals surface area contributed by atoms with Crippen molar-refractivity contribution in [2.24, 2.45) is 0 Å². The normalized spacial score (nSPS) is 10.2. The molecule has 2 aromatic carbocycles. The minimum absolute atomic E-state index is 0.965. The molecule has 0 spiro atoms. The molecule has 0 atom stereocenters. The van der Waals surface area contributed by atoms with Crippen LogP contribution in [-0.4, -0.2) is 6.54 Å². The lowest BCUT2D eigenvalue weighted by molar-refractivity contribution is 1.02. The summed E-state index contributed by atoms with van der Waals surface area (Å²) in [4.78, 5) is 0. The van der Waals surface area contributed by atoms with Gasteiger partial charge in [0.15, 0.2) is 0 Å². The van der Waals surface area contributed by atoms with Crippen molar-refractivity contribution >= 4 is 21.6 Å². The highest BCUT2D eigenvalue weighted by Crippen LogP contribution is 2.19. The van der Waals surface area contributed by atoms with Gasteiger partial charge in [0.2, 0.25) is 0 Å². The third kappa shape index (κ3) is 3.60. The summed E-state index contributed by atoms with van der Waals surface area (Å²) in [6, 6.07) is 16.9. The fraction of sp³-hybridized carbons (Fsp3) is 0.200. The number of aryl methyl sites for hydroxylation is 1. The van der Waals surface area contributed by atoms with Gasteiger partial charge in [-0.15, -0.1) is 0 Å². The number of rotatable bonds is 4.